The molecule has 4 nitrogen and oxygen atoms in total. The summed E-state index contributed by atoms with van der Waals surface area (Å²) in [5.74, 6) is -0.451. The first-order chi connectivity index (χ1) is 13.4. The van der Waals surface area contributed by atoms with Gasteiger partial charge in [-0.15, -0.1) is 0 Å². The summed E-state index contributed by atoms with van der Waals surface area (Å²) in [7, 11) is 0. The van der Waals surface area contributed by atoms with E-state index in [1.54, 1.807) is 30.3 Å². The molecule has 0 saturated heterocycles. The van der Waals surface area contributed by atoms with E-state index in [0.717, 1.165) is 10.0 Å². The van der Waals surface area contributed by atoms with Crippen molar-refractivity contribution in [2.24, 2.45) is 0 Å². The van der Waals surface area contributed by atoms with E-state index in [2.05, 4.69) is 26.6 Å². The third-order valence-corrected chi connectivity index (χ3v) is 5.02. The van der Waals surface area contributed by atoms with Gasteiger partial charge in [-0.3, -0.25) is 9.59 Å². The molecule has 3 aromatic carbocycles. The van der Waals surface area contributed by atoms with Crippen molar-refractivity contribution < 1.29 is 9.59 Å². The fourth-order valence-corrected chi connectivity index (χ4v) is 3.27. The number of rotatable bonds is 5. The van der Waals surface area contributed by atoms with E-state index >= 15 is 0 Å². The first-order valence-electron chi connectivity index (χ1n) is 8.66. The average Bonchev–Trinajstić information content (AvgIpc) is 2.70. The molecular formula is C22H18BrClN2O2. The van der Waals surface area contributed by atoms with E-state index in [-0.39, 0.29) is 17.9 Å². The van der Waals surface area contributed by atoms with Gasteiger partial charge in [-0.25, -0.2) is 0 Å². The van der Waals surface area contributed by atoms with Crippen molar-refractivity contribution in [2.75, 3.05) is 5.32 Å². The van der Waals surface area contributed by atoms with E-state index in [0.29, 0.717) is 21.8 Å². The Kier molecular flexibility index (Phi) is 6.49. The summed E-state index contributed by atoms with van der Waals surface area (Å²) in [5.41, 5.74) is 2.51. The zero-order valence-electron chi connectivity index (χ0n) is 15.1. The van der Waals surface area contributed by atoms with Gasteiger partial charge in [0, 0.05) is 15.7 Å². The van der Waals surface area contributed by atoms with Crippen molar-refractivity contribution in [3.63, 3.8) is 0 Å². The summed E-state index contributed by atoms with van der Waals surface area (Å²) in [6.07, 6.45) is 0. The zero-order chi connectivity index (χ0) is 20.1. The molecule has 0 aliphatic heterocycles. The van der Waals surface area contributed by atoms with Gasteiger partial charge >= 0.3 is 0 Å². The van der Waals surface area contributed by atoms with Gasteiger partial charge in [0.15, 0.2) is 0 Å². The second-order valence-corrected chi connectivity index (χ2v) is 7.59. The van der Waals surface area contributed by atoms with Gasteiger partial charge < -0.3 is 10.6 Å². The third kappa shape index (κ3) is 5.00. The predicted octanol–water partition coefficient (Wildman–Crippen LogP) is 5.85. The van der Waals surface area contributed by atoms with Gasteiger partial charge in [0.2, 0.25) is 0 Å². The molecule has 0 spiro atoms. The van der Waals surface area contributed by atoms with E-state index in [9.17, 15) is 9.59 Å². The summed E-state index contributed by atoms with van der Waals surface area (Å²) in [5, 5.41) is 6.20. The molecule has 142 valence electrons. The quantitative estimate of drug-likeness (QED) is 0.505. The summed E-state index contributed by atoms with van der Waals surface area (Å²) in [4.78, 5) is 24.9. The van der Waals surface area contributed by atoms with Crippen molar-refractivity contribution in [2.45, 2.75) is 13.0 Å². The summed E-state index contributed by atoms with van der Waals surface area (Å²) < 4.78 is 0.778. The molecule has 0 aliphatic rings. The van der Waals surface area contributed by atoms with Crippen LogP contribution in [-0.4, -0.2) is 11.8 Å². The molecule has 1 atom stereocenters. The van der Waals surface area contributed by atoms with E-state index in [4.69, 9.17) is 11.6 Å². The maximum atomic E-state index is 12.6. The number of benzene rings is 3. The number of carbonyl (C=O) groups excluding carboxylic acids is 2. The number of carbonyl (C=O) groups is 2. The lowest BCUT2D eigenvalue weighted by Gasteiger charge is -2.16. The lowest BCUT2D eigenvalue weighted by Crippen LogP contribution is -2.27. The number of hydrogen-bond acceptors (Lipinski definition) is 2. The highest BCUT2D eigenvalue weighted by molar-refractivity contribution is 9.10. The second-order valence-electron chi connectivity index (χ2n) is 6.26. The molecule has 3 rings (SSSR count). The van der Waals surface area contributed by atoms with Crippen LogP contribution in [0, 0.1) is 0 Å². The van der Waals surface area contributed by atoms with Gasteiger partial charge in [0.25, 0.3) is 11.8 Å². The molecule has 2 N–H and O–H groups in total. The smallest absolute Gasteiger partial charge is 0.255 e. The fraction of sp³-hybridized carbons (Fsp3) is 0.0909. The van der Waals surface area contributed by atoms with E-state index in [1.165, 1.54) is 0 Å². The molecule has 2 amide bonds. The maximum Gasteiger partial charge on any atom is 0.255 e. The monoisotopic (exact) mass is 456 g/mol. The predicted molar refractivity (Wildman–Crippen MR) is 116 cm³/mol. The fourth-order valence-electron chi connectivity index (χ4n) is 2.71. The topological polar surface area (TPSA) is 58.2 Å². The Labute approximate surface area is 177 Å². The molecular weight excluding hydrogens is 440 g/mol. The minimum absolute atomic E-state index is 0.185. The van der Waals surface area contributed by atoms with Crippen molar-refractivity contribution in [3.8, 4) is 0 Å². The van der Waals surface area contributed by atoms with Crippen LogP contribution in [0.5, 0.6) is 0 Å². The Morgan fingerprint density at radius 1 is 0.929 bits per heavy atom. The molecule has 6 heteroatoms. The Morgan fingerprint density at radius 2 is 1.68 bits per heavy atom. The summed E-state index contributed by atoms with van der Waals surface area (Å²) in [6, 6.07) is 21.2. The van der Waals surface area contributed by atoms with Crippen LogP contribution in [0.15, 0.2) is 77.3 Å². The van der Waals surface area contributed by atoms with Crippen molar-refractivity contribution in [1.82, 2.24) is 5.32 Å². The van der Waals surface area contributed by atoms with Crippen LogP contribution in [0.3, 0.4) is 0 Å². The van der Waals surface area contributed by atoms with E-state index in [1.807, 2.05) is 49.4 Å². The Balaban J connectivity index is 1.71. The zero-order valence-corrected chi connectivity index (χ0v) is 17.4. The minimum Gasteiger partial charge on any atom is -0.345 e. The van der Waals surface area contributed by atoms with Crippen molar-refractivity contribution >= 4 is 45.0 Å². The van der Waals surface area contributed by atoms with Crippen molar-refractivity contribution in [1.29, 1.82) is 0 Å². The van der Waals surface area contributed by atoms with Crippen LogP contribution in [0.1, 0.15) is 39.2 Å². The average molecular weight is 458 g/mol. The number of hydrogen-bond donors (Lipinski definition) is 2. The summed E-state index contributed by atoms with van der Waals surface area (Å²) >= 11 is 9.48. The van der Waals surface area contributed by atoms with Gasteiger partial charge in [-0.2, -0.15) is 0 Å². The molecule has 28 heavy (non-hydrogen) atoms. The lowest BCUT2D eigenvalue weighted by atomic mass is 10.1. The van der Waals surface area contributed by atoms with Crippen molar-refractivity contribution in [3.05, 3.63) is 99.0 Å². The number of nitrogens with one attached hydrogen (secondary N) is 2. The molecule has 0 aromatic heterocycles. The first kappa shape index (κ1) is 20.1. The Morgan fingerprint density at radius 3 is 2.43 bits per heavy atom. The summed E-state index contributed by atoms with van der Waals surface area (Å²) in [6.45, 7) is 1.88. The Bertz CT molecular complexity index is 1010. The van der Waals surface area contributed by atoms with Gasteiger partial charge in [-0.1, -0.05) is 57.9 Å². The van der Waals surface area contributed by atoms with Gasteiger partial charge in [-0.05, 0) is 55.0 Å². The highest BCUT2D eigenvalue weighted by atomic mass is 79.9. The number of amides is 2. The maximum absolute atomic E-state index is 12.6. The second kappa shape index (κ2) is 9.04. The van der Waals surface area contributed by atoms with Crippen LogP contribution in [0.25, 0.3) is 0 Å². The largest absolute Gasteiger partial charge is 0.345 e. The third-order valence-electron chi connectivity index (χ3n) is 4.20. The molecule has 0 heterocycles. The molecule has 0 fully saturated rings. The van der Waals surface area contributed by atoms with Crippen LogP contribution in [0.4, 0.5) is 5.69 Å². The lowest BCUT2D eigenvalue weighted by molar-refractivity contribution is 0.0939. The molecule has 0 aliphatic carbocycles. The Hall–Kier alpha value is -2.63. The SMILES string of the molecule is CC(NC(=O)c1cc(Br)ccc1Cl)c1cccc(NC(=O)c2ccccc2)c1. The highest BCUT2D eigenvalue weighted by Gasteiger charge is 2.15. The van der Waals surface area contributed by atoms with E-state index < -0.39 is 0 Å². The molecule has 3 aromatic rings. The van der Waals surface area contributed by atoms with Crippen LogP contribution in [-0.2, 0) is 0 Å². The van der Waals surface area contributed by atoms with Crippen LogP contribution in [0.2, 0.25) is 5.02 Å². The minimum atomic E-state index is -0.267. The highest BCUT2D eigenvalue weighted by Crippen LogP contribution is 2.23. The standard InChI is InChI=1S/C22H18BrClN2O2/c1-14(25-22(28)19-13-17(23)10-11-20(19)24)16-8-5-9-18(12-16)26-21(27)15-6-3-2-4-7-15/h2-14H,1H3,(H,25,28)(H,26,27). The number of anilines is 1. The molecule has 0 bridgehead atoms. The van der Waals surface area contributed by atoms with Crippen LogP contribution < -0.4 is 10.6 Å². The van der Waals surface area contributed by atoms with Crippen LogP contribution >= 0.6 is 27.5 Å². The normalized spacial score (nSPS) is 11.5. The molecule has 0 saturated carbocycles. The van der Waals surface area contributed by atoms with Gasteiger partial charge in [0.1, 0.15) is 0 Å². The molecule has 1 unspecified atom stereocenters. The number of halogens is 2. The molecule has 0 radical (unpaired) electrons. The van der Waals surface area contributed by atoms with Gasteiger partial charge in [0.05, 0.1) is 16.6 Å². The first-order valence-corrected chi connectivity index (χ1v) is 9.83.